The Morgan fingerprint density at radius 1 is 1.14 bits per heavy atom. The molecule has 0 aliphatic heterocycles. The highest BCUT2D eigenvalue weighted by Crippen LogP contribution is 2.22. The van der Waals surface area contributed by atoms with E-state index < -0.39 is 5.97 Å². The standard InChI is InChI=1S/C17H16ClNO3/c18-14-8-15(19-9-14)17(21)22-10-16(20)13-6-5-11-3-1-2-4-12(11)7-13/h5-9,19H,1-4,10H2. The van der Waals surface area contributed by atoms with Crippen LogP contribution in [-0.4, -0.2) is 23.3 Å². The molecular formula is C17H16ClNO3. The van der Waals surface area contributed by atoms with Gasteiger partial charge in [0.1, 0.15) is 5.69 Å². The van der Waals surface area contributed by atoms with E-state index in [2.05, 4.69) is 4.98 Å². The molecule has 22 heavy (non-hydrogen) atoms. The Balaban J connectivity index is 1.63. The summed E-state index contributed by atoms with van der Waals surface area (Å²) in [6, 6.07) is 7.21. The third-order valence-electron chi connectivity index (χ3n) is 3.87. The number of H-pyrrole nitrogens is 1. The molecule has 0 saturated carbocycles. The monoisotopic (exact) mass is 317 g/mol. The number of hydrogen-bond acceptors (Lipinski definition) is 3. The van der Waals surface area contributed by atoms with Crippen LogP contribution in [0, 0.1) is 0 Å². The second-order valence-corrected chi connectivity index (χ2v) is 5.86. The number of benzene rings is 1. The third kappa shape index (κ3) is 3.22. The van der Waals surface area contributed by atoms with Gasteiger partial charge in [0.15, 0.2) is 12.4 Å². The summed E-state index contributed by atoms with van der Waals surface area (Å²) in [5.74, 6) is -0.780. The number of rotatable bonds is 4. The minimum Gasteiger partial charge on any atom is -0.453 e. The molecule has 1 heterocycles. The van der Waals surface area contributed by atoms with Crippen molar-refractivity contribution in [3.63, 3.8) is 0 Å². The SMILES string of the molecule is O=C(COC(=O)c1cc(Cl)c[nH]1)c1ccc2c(c1)CCCC2. The summed E-state index contributed by atoms with van der Waals surface area (Å²) in [4.78, 5) is 26.6. The lowest BCUT2D eigenvalue weighted by atomic mass is 9.90. The highest BCUT2D eigenvalue weighted by Gasteiger charge is 2.15. The number of halogens is 1. The molecule has 0 bridgehead atoms. The van der Waals surface area contributed by atoms with Crippen molar-refractivity contribution in [3.05, 3.63) is 57.9 Å². The summed E-state index contributed by atoms with van der Waals surface area (Å²) in [6.07, 6.45) is 5.94. The topological polar surface area (TPSA) is 59.2 Å². The normalized spacial score (nSPS) is 13.5. The van der Waals surface area contributed by atoms with Crippen LogP contribution in [0.3, 0.4) is 0 Å². The fraction of sp³-hybridized carbons (Fsp3) is 0.294. The van der Waals surface area contributed by atoms with Gasteiger partial charge in [-0.3, -0.25) is 4.79 Å². The summed E-state index contributed by atoms with van der Waals surface area (Å²) in [6.45, 7) is -0.270. The van der Waals surface area contributed by atoms with Crippen LogP contribution in [0.5, 0.6) is 0 Å². The molecule has 0 amide bonds. The molecule has 0 unspecified atom stereocenters. The van der Waals surface area contributed by atoms with E-state index in [-0.39, 0.29) is 18.1 Å². The minimum absolute atomic E-state index is 0.195. The van der Waals surface area contributed by atoms with E-state index in [1.165, 1.54) is 29.8 Å². The first-order valence-corrected chi connectivity index (χ1v) is 7.67. The largest absolute Gasteiger partial charge is 0.453 e. The summed E-state index contributed by atoms with van der Waals surface area (Å²) in [5, 5.41) is 0.424. The number of esters is 1. The Morgan fingerprint density at radius 2 is 1.91 bits per heavy atom. The van der Waals surface area contributed by atoms with E-state index in [0.29, 0.717) is 10.6 Å². The molecule has 0 fully saturated rings. The molecule has 2 aromatic rings. The number of Topliss-reactive ketones (excluding diaryl/α,β-unsaturated/α-hetero) is 1. The Hall–Kier alpha value is -2.07. The number of nitrogens with one attached hydrogen (secondary N) is 1. The van der Waals surface area contributed by atoms with Gasteiger partial charge in [-0.1, -0.05) is 23.7 Å². The number of aryl methyl sites for hydroxylation is 2. The van der Waals surface area contributed by atoms with Crippen LogP contribution in [0.2, 0.25) is 5.02 Å². The van der Waals surface area contributed by atoms with Gasteiger partial charge in [-0.15, -0.1) is 0 Å². The highest BCUT2D eigenvalue weighted by molar-refractivity contribution is 6.30. The van der Waals surface area contributed by atoms with Crippen molar-refractivity contribution >= 4 is 23.4 Å². The van der Waals surface area contributed by atoms with E-state index in [1.807, 2.05) is 18.2 Å². The fourth-order valence-corrected chi connectivity index (χ4v) is 2.85. The molecule has 114 valence electrons. The zero-order valence-corrected chi connectivity index (χ0v) is 12.8. The van der Waals surface area contributed by atoms with Crippen molar-refractivity contribution in [2.24, 2.45) is 0 Å². The molecule has 1 N–H and O–H groups in total. The first-order valence-electron chi connectivity index (χ1n) is 7.29. The molecule has 1 aliphatic carbocycles. The number of aromatic nitrogens is 1. The summed E-state index contributed by atoms with van der Waals surface area (Å²) in [5.41, 5.74) is 3.39. The zero-order valence-electron chi connectivity index (χ0n) is 12.0. The van der Waals surface area contributed by atoms with Crippen molar-refractivity contribution in [1.29, 1.82) is 0 Å². The number of ketones is 1. The quantitative estimate of drug-likeness (QED) is 0.692. The molecule has 0 atom stereocenters. The number of ether oxygens (including phenoxy) is 1. The molecule has 1 aliphatic rings. The van der Waals surface area contributed by atoms with E-state index in [1.54, 1.807) is 0 Å². The Labute approximate surface area is 133 Å². The molecule has 4 nitrogen and oxygen atoms in total. The molecule has 1 aromatic heterocycles. The van der Waals surface area contributed by atoms with Crippen LogP contribution in [0.15, 0.2) is 30.5 Å². The van der Waals surface area contributed by atoms with Crippen LogP contribution in [0.1, 0.15) is 44.8 Å². The van der Waals surface area contributed by atoms with E-state index in [9.17, 15) is 9.59 Å². The van der Waals surface area contributed by atoms with Gasteiger partial charge in [0.05, 0.1) is 5.02 Å². The van der Waals surface area contributed by atoms with Gasteiger partial charge in [0, 0.05) is 11.8 Å². The van der Waals surface area contributed by atoms with Gasteiger partial charge in [-0.2, -0.15) is 0 Å². The van der Waals surface area contributed by atoms with Crippen LogP contribution in [0.25, 0.3) is 0 Å². The molecular weight excluding hydrogens is 302 g/mol. The zero-order chi connectivity index (χ0) is 15.5. The van der Waals surface area contributed by atoms with Crippen molar-refractivity contribution in [1.82, 2.24) is 4.98 Å². The van der Waals surface area contributed by atoms with Gasteiger partial charge in [0.25, 0.3) is 0 Å². The Kier molecular flexibility index (Phi) is 4.29. The molecule has 0 radical (unpaired) electrons. The predicted molar refractivity (Wildman–Crippen MR) is 83.5 cm³/mol. The first kappa shape index (κ1) is 14.9. The third-order valence-corrected chi connectivity index (χ3v) is 4.09. The number of fused-ring (bicyclic) bond motifs is 1. The molecule has 0 saturated heterocycles. The van der Waals surface area contributed by atoms with E-state index in [4.69, 9.17) is 16.3 Å². The average Bonchev–Trinajstić information content (AvgIpc) is 2.98. The molecule has 0 spiro atoms. The smallest absolute Gasteiger partial charge is 0.355 e. The van der Waals surface area contributed by atoms with E-state index in [0.717, 1.165) is 19.3 Å². The maximum Gasteiger partial charge on any atom is 0.355 e. The second kappa shape index (κ2) is 6.36. The van der Waals surface area contributed by atoms with E-state index >= 15 is 0 Å². The first-order chi connectivity index (χ1) is 10.6. The van der Waals surface area contributed by atoms with Gasteiger partial charge in [-0.25, -0.2) is 4.79 Å². The lowest BCUT2D eigenvalue weighted by molar-refractivity contribution is 0.0469. The predicted octanol–water partition coefficient (Wildman–Crippen LogP) is 3.59. The van der Waals surface area contributed by atoms with Gasteiger partial charge < -0.3 is 9.72 Å². The fourth-order valence-electron chi connectivity index (χ4n) is 2.68. The summed E-state index contributed by atoms with van der Waals surface area (Å²) >= 11 is 5.72. The van der Waals surface area contributed by atoms with Crippen LogP contribution in [-0.2, 0) is 17.6 Å². The lowest BCUT2D eigenvalue weighted by Gasteiger charge is -2.16. The number of carbonyl (C=O) groups excluding carboxylic acids is 2. The molecule has 1 aromatic carbocycles. The number of aromatic amines is 1. The van der Waals surface area contributed by atoms with Crippen LogP contribution < -0.4 is 0 Å². The van der Waals surface area contributed by atoms with Gasteiger partial charge in [0.2, 0.25) is 0 Å². The lowest BCUT2D eigenvalue weighted by Crippen LogP contribution is -2.15. The Morgan fingerprint density at radius 3 is 2.64 bits per heavy atom. The van der Waals surface area contributed by atoms with Crippen molar-refractivity contribution < 1.29 is 14.3 Å². The Bertz CT molecular complexity index is 720. The van der Waals surface area contributed by atoms with Crippen LogP contribution >= 0.6 is 11.6 Å². The maximum absolute atomic E-state index is 12.2. The maximum atomic E-state index is 12.2. The van der Waals surface area contributed by atoms with Gasteiger partial charge >= 0.3 is 5.97 Å². The highest BCUT2D eigenvalue weighted by atomic mass is 35.5. The van der Waals surface area contributed by atoms with Crippen molar-refractivity contribution in [2.45, 2.75) is 25.7 Å². The number of carbonyl (C=O) groups is 2. The average molecular weight is 318 g/mol. The van der Waals surface area contributed by atoms with Gasteiger partial charge in [-0.05, 0) is 48.9 Å². The molecule has 3 rings (SSSR count). The van der Waals surface area contributed by atoms with Crippen molar-refractivity contribution in [2.75, 3.05) is 6.61 Å². The summed E-state index contributed by atoms with van der Waals surface area (Å²) in [7, 11) is 0. The summed E-state index contributed by atoms with van der Waals surface area (Å²) < 4.78 is 5.02. The second-order valence-electron chi connectivity index (χ2n) is 5.42. The van der Waals surface area contributed by atoms with Crippen molar-refractivity contribution in [3.8, 4) is 0 Å². The minimum atomic E-state index is -0.585. The number of hydrogen-bond donors (Lipinski definition) is 1. The molecule has 5 heteroatoms. The van der Waals surface area contributed by atoms with Crippen LogP contribution in [0.4, 0.5) is 0 Å².